The molecule has 1 heterocycles. The zero-order chi connectivity index (χ0) is 18.8. The molecular weight excluding hydrogens is 340 g/mol. The highest BCUT2D eigenvalue weighted by Gasteiger charge is 2.30. The summed E-state index contributed by atoms with van der Waals surface area (Å²) >= 11 is 0. The number of hydrogen-bond acceptors (Lipinski definition) is 4. The fourth-order valence-corrected chi connectivity index (χ4v) is 4.27. The molecule has 2 aromatic rings. The van der Waals surface area contributed by atoms with E-state index in [-0.39, 0.29) is 0 Å². The molecule has 0 spiro atoms. The summed E-state index contributed by atoms with van der Waals surface area (Å²) in [5, 5.41) is 0. The first kappa shape index (κ1) is 18.3. The molecule has 1 saturated heterocycles. The van der Waals surface area contributed by atoms with Gasteiger partial charge in [0.25, 0.3) is 0 Å². The van der Waals surface area contributed by atoms with Crippen LogP contribution < -0.4 is 9.47 Å². The topological polar surface area (TPSA) is 40.2 Å². The average molecular weight is 368 g/mol. The minimum atomic E-state index is 0.327. The highest BCUT2D eigenvalue weighted by atomic mass is 16.6. The van der Waals surface area contributed by atoms with Crippen molar-refractivity contribution in [1.82, 2.24) is 0 Å². The van der Waals surface area contributed by atoms with Crippen LogP contribution in [0, 0.1) is 0 Å². The number of hydrogen-bond donors (Lipinski definition) is 0. The Labute approximate surface area is 161 Å². The predicted molar refractivity (Wildman–Crippen MR) is 106 cm³/mol. The average Bonchev–Trinajstić information content (AvgIpc) is 3.44. The third-order valence-corrected chi connectivity index (χ3v) is 5.56. The minimum Gasteiger partial charge on any atom is -0.493 e. The van der Waals surface area contributed by atoms with Crippen molar-refractivity contribution in [2.45, 2.75) is 38.7 Å². The lowest BCUT2D eigenvalue weighted by molar-refractivity contribution is 0.114. The molecule has 1 aliphatic carbocycles. The molecule has 144 valence electrons. The molecule has 0 aromatic heterocycles. The Bertz CT molecular complexity index is 824. The maximum Gasteiger partial charge on any atom is 0.165 e. The van der Waals surface area contributed by atoms with Crippen LogP contribution in [0.25, 0.3) is 11.1 Å². The molecule has 0 radical (unpaired) electrons. The maximum absolute atomic E-state index is 5.82. The minimum absolute atomic E-state index is 0.327. The van der Waals surface area contributed by atoms with E-state index in [2.05, 4.69) is 31.2 Å². The first-order valence-electron chi connectivity index (χ1n) is 9.84. The summed E-state index contributed by atoms with van der Waals surface area (Å²) in [6, 6.07) is 8.69. The molecule has 4 nitrogen and oxygen atoms in total. The van der Waals surface area contributed by atoms with E-state index >= 15 is 0 Å². The third kappa shape index (κ3) is 3.44. The van der Waals surface area contributed by atoms with Gasteiger partial charge in [0.05, 0.1) is 27.4 Å². The molecule has 4 heteroatoms. The standard InChI is InChI=1S/C23H28O4/c1-4-17-19(10-7-11-26-13-16-14-27-16)21-18-9-6-5-8-15(18)12-20(21)23(25-3)22(17)24-2/h5-6,8-9,16H,4,7,10-14H2,1-3H3. The third-order valence-electron chi connectivity index (χ3n) is 5.56. The van der Waals surface area contributed by atoms with Gasteiger partial charge in [-0.2, -0.15) is 0 Å². The van der Waals surface area contributed by atoms with Gasteiger partial charge >= 0.3 is 0 Å². The van der Waals surface area contributed by atoms with Gasteiger partial charge in [0.1, 0.15) is 6.10 Å². The van der Waals surface area contributed by atoms with Crippen LogP contribution in [-0.4, -0.2) is 40.1 Å². The Morgan fingerprint density at radius 3 is 2.56 bits per heavy atom. The second-order valence-corrected chi connectivity index (χ2v) is 7.20. The Morgan fingerprint density at radius 2 is 1.85 bits per heavy atom. The first-order chi connectivity index (χ1) is 13.3. The predicted octanol–water partition coefficient (Wildman–Crippen LogP) is 4.19. The summed E-state index contributed by atoms with van der Waals surface area (Å²) in [7, 11) is 3.49. The first-order valence-corrected chi connectivity index (χ1v) is 9.84. The SMILES string of the molecule is CCc1c(CCCOCC2CO2)c2c(c(OC)c1OC)Cc1ccccc1-2. The van der Waals surface area contributed by atoms with E-state index in [0.717, 1.165) is 50.4 Å². The van der Waals surface area contributed by atoms with Crippen molar-refractivity contribution in [2.75, 3.05) is 34.0 Å². The molecule has 4 rings (SSSR count). The second-order valence-electron chi connectivity index (χ2n) is 7.20. The van der Waals surface area contributed by atoms with Crippen molar-refractivity contribution >= 4 is 0 Å². The Kier molecular flexibility index (Phi) is 5.37. The summed E-state index contributed by atoms with van der Waals surface area (Å²) < 4.78 is 22.6. The van der Waals surface area contributed by atoms with Crippen LogP contribution in [0.1, 0.15) is 35.6 Å². The second kappa shape index (κ2) is 7.91. The van der Waals surface area contributed by atoms with Gasteiger partial charge in [0.2, 0.25) is 0 Å². The Balaban J connectivity index is 1.70. The van der Waals surface area contributed by atoms with Crippen LogP contribution >= 0.6 is 0 Å². The van der Waals surface area contributed by atoms with Crippen LogP contribution in [0.5, 0.6) is 11.5 Å². The van der Waals surface area contributed by atoms with Crippen molar-refractivity contribution in [3.8, 4) is 22.6 Å². The molecule has 0 saturated carbocycles. The van der Waals surface area contributed by atoms with Gasteiger partial charge in [-0.1, -0.05) is 31.2 Å². The molecule has 1 atom stereocenters. The Hall–Kier alpha value is -2.04. The summed E-state index contributed by atoms with van der Waals surface area (Å²) in [4.78, 5) is 0. The highest BCUT2D eigenvalue weighted by molar-refractivity contribution is 5.85. The largest absolute Gasteiger partial charge is 0.493 e. The van der Waals surface area contributed by atoms with Gasteiger partial charge in [-0.15, -0.1) is 0 Å². The van der Waals surface area contributed by atoms with Gasteiger partial charge in [-0.25, -0.2) is 0 Å². The van der Waals surface area contributed by atoms with Gasteiger partial charge in [-0.05, 0) is 41.5 Å². The van der Waals surface area contributed by atoms with Crippen molar-refractivity contribution in [1.29, 1.82) is 0 Å². The molecule has 1 unspecified atom stereocenters. The lowest BCUT2D eigenvalue weighted by Gasteiger charge is -2.22. The summed E-state index contributed by atoms with van der Waals surface area (Å²) in [6.07, 6.45) is 4.11. The smallest absolute Gasteiger partial charge is 0.165 e. The summed E-state index contributed by atoms with van der Waals surface area (Å²) in [5.74, 6) is 1.79. The molecule has 0 amide bonds. The van der Waals surface area contributed by atoms with Crippen LogP contribution in [0.2, 0.25) is 0 Å². The van der Waals surface area contributed by atoms with Crippen LogP contribution in [0.3, 0.4) is 0 Å². The van der Waals surface area contributed by atoms with Crippen molar-refractivity contribution in [3.63, 3.8) is 0 Å². The van der Waals surface area contributed by atoms with Gasteiger partial charge < -0.3 is 18.9 Å². The molecule has 1 fully saturated rings. The number of rotatable bonds is 9. The molecular formula is C23H28O4. The maximum atomic E-state index is 5.82. The van der Waals surface area contributed by atoms with E-state index in [1.165, 1.54) is 33.4 Å². The fraction of sp³-hybridized carbons (Fsp3) is 0.478. The number of benzene rings is 2. The molecule has 0 bridgehead atoms. The number of methoxy groups -OCH3 is 2. The molecule has 27 heavy (non-hydrogen) atoms. The van der Waals surface area contributed by atoms with Crippen molar-refractivity contribution < 1.29 is 18.9 Å². The van der Waals surface area contributed by atoms with E-state index in [0.29, 0.717) is 12.7 Å². The quantitative estimate of drug-likeness (QED) is 0.419. The highest BCUT2D eigenvalue weighted by Crippen LogP contribution is 2.50. The van der Waals surface area contributed by atoms with E-state index in [4.69, 9.17) is 18.9 Å². The zero-order valence-electron chi connectivity index (χ0n) is 16.5. The van der Waals surface area contributed by atoms with Crippen molar-refractivity contribution in [2.24, 2.45) is 0 Å². The van der Waals surface area contributed by atoms with Gasteiger partial charge in [-0.3, -0.25) is 0 Å². The molecule has 0 N–H and O–H groups in total. The molecule has 2 aliphatic rings. The van der Waals surface area contributed by atoms with E-state index < -0.39 is 0 Å². The van der Waals surface area contributed by atoms with Crippen molar-refractivity contribution in [3.05, 3.63) is 46.5 Å². The summed E-state index contributed by atoms with van der Waals surface area (Å²) in [6.45, 7) is 4.51. The summed E-state index contributed by atoms with van der Waals surface area (Å²) in [5.41, 5.74) is 7.97. The normalized spacial score (nSPS) is 16.8. The van der Waals surface area contributed by atoms with E-state index in [9.17, 15) is 0 Å². The number of fused-ring (bicyclic) bond motifs is 3. The fourth-order valence-electron chi connectivity index (χ4n) is 4.27. The monoisotopic (exact) mass is 368 g/mol. The van der Waals surface area contributed by atoms with Gasteiger partial charge in [0.15, 0.2) is 11.5 Å². The lowest BCUT2D eigenvalue weighted by atomic mass is 9.89. The van der Waals surface area contributed by atoms with Gasteiger partial charge in [0, 0.05) is 24.2 Å². The number of epoxide rings is 1. The van der Waals surface area contributed by atoms with E-state index in [1.807, 2.05) is 0 Å². The van der Waals surface area contributed by atoms with Crippen LogP contribution in [-0.2, 0) is 28.7 Å². The Morgan fingerprint density at radius 1 is 1.07 bits per heavy atom. The van der Waals surface area contributed by atoms with Crippen LogP contribution in [0.4, 0.5) is 0 Å². The van der Waals surface area contributed by atoms with E-state index in [1.54, 1.807) is 14.2 Å². The number of ether oxygens (including phenoxy) is 4. The molecule has 2 aromatic carbocycles. The van der Waals surface area contributed by atoms with Crippen LogP contribution in [0.15, 0.2) is 24.3 Å². The zero-order valence-corrected chi connectivity index (χ0v) is 16.5. The lowest BCUT2D eigenvalue weighted by Crippen LogP contribution is -2.08. The molecule has 1 aliphatic heterocycles.